The molecule has 0 saturated carbocycles. The molecule has 1 N–H and O–H groups in total. The average molecular weight is 283 g/mol. The molecule has 100 valence electrons. The zero-order chi connectivity index (χ0) is 13.9. The van der Waals surface area contributed by atoms with Gasteiger partial charge in [0, 0.05) is 4.90 Å². The Hall–Kier alpha value is -2.20. The van der Waals surface area contributed by atoms with Gasteiger partial charge in [-0.3, -0.25) is 4.79 Å². The minimum atomic E-state index is -0.0653. The van der Waals surface area contributed by atoms with Crippen molar-refractivity contribution in [3.8, 4) is 5.75 Å². The molecule has 0 saturated heterocycles. The lowest BCUT2D eigenvalue weighted by Gasteiger charge is -2.18. The lowest BCUT2D eigenvalue weighted by molar-refractivity contribution is -0.112. The number of hydrogen-bond acceptors (Lipinski definition) is 3. The third-order valence-corrected chi connectivity index (χ3v) is 4.09. The number of para-hydroxylation sites is 1. The predicted molar refractivity (Wildman–Crippen MR) is 81.9 cm³/mol. The Morgan fingerprint density at radius 2 is 1.85 bits per heavy atom. The van der Waals surface area contributed by atoms with E-state index in [1.165, 1.54) is 11.8 Å². The van der Waals surface area contributed by atoms with Crippen LogP contribution in [-0.2, 0) is 4.79 Å². The van der Waals surface area contributed by atoms with Crippen molar-refractivity contribution in [1.29, 1.82) is 0 Å². The van der Waals surface area contributed by atoms with Gasteiger partial charge in [-0.05, 0) is 35.9 Å². The van der Waals surface area contributed by atoms with E-state index in [0.717, 1.165) is 21.9 Å². The maximum atomic E-state index is 12.1. The fourth-order valence-electron chi connectivity index (χ4n) is 1.95. The summed E-state index contributed by atoms with van der Waals surface area (Å²) in [4.78, 5) is 13.8. The number of nitrogens with one attached hydrogen (secondary N) is 1. The molecular weight excluding hydrogens is 270 g/mol. The van der Waals surface area contributed by atoms with Gasteiger partial charge in [0.1, 0.15) is 5.75 Å². The largest absolute Gasteiger partial charge is 0.497 e. The van der Waals surface area contributed by atoms with Gasteiger partial charge in [0.25, 0.3) is 5.91 Å². The second-order valence-electron chi connectivity index (χ2n) is 4.33. The van der Waals surface area contributed by atoms with E-state index in [-0.39, 0.29) is 5.91 Å². The van der Waals surface area contributed by atoms with Crippen LogP contribution in [0.25, 0.3) is 6.08 Å². The Morgan fingerprint density at radius 3 is 2.60 bits per heavy atom. The number of anilines is 1. The van der Waals surface area contributed by atoms with Gasteiger partial charge in [-0.25, -0.2) is 0 Å². The molecule has 0 unspecified atom stereocenters. The molecule has 3 nitrogen and oxygen atoms in total. The molecule has 0 aliphatic carbocycles. The molecule has 1 aliphatic heterocycles. The van der Waals surface area contributed by atoms with Crippen molar-refractivity contribution >= 4 is 29.4 Å². The van der Waals surface area contributed by atoms with Crippen LogP contribution in [0.3, 0.4) is 0 Å². The summed E-state index contributed by atoms with van der Waals surface area (Å²) in [6, 6.07) is 15.4. The second kappa shape index (κ2) is 5.43. The summed E-state index contributed by atoms with van der Waals surface area (Å²) in [7, 11) is 1.63. The molecule has 4 heteroatoms. The fourth-order valence-corrected chi connectivity index (χ4v) is 2.91. The van der Waals surface area contributed by atoms with Crippen LogP contribution in [0, 0.1) is 0 Å². The van der Waals surface area contributed by atoms with E-state index in [4.69, 9.17) is 4.74 Å². The maximum absolute atomic E-state index is 12.1. The Labute approximate surface area is 121 Å². The van der Waals surface area contributed by atoms with Gasteiger partial charge >= 0.3 is 0 Å². The van der Waals surface area contributed by atoms with Gasteiger partial charge in [-0.1, -0.05) is 36.0 Å². The third kappa shape index (κ3) is 2.56. The molecule has 0 radical (unpaired) electrons. The normalized spacial score (nSPS) is 15.7. The third-order valence-electron chi connectivity index (χ3n) is 2.99. The standard InChI is InChI=1S/C16H13NO2S/c1-19-12-8-6-11(7-9-12)10-15-16(18)17-13-4-2-3-5-14(13)20-15/h2-10H,1H3,(H,17,18). The molecule has 2 aromatic rings. The molecule has 1 amide bonds. The van der Waals surface area contributed by atoms with Crippen molar-refractivity contribution < 1.29 is 9.53 Å². The van der Waals surface area contributed by atoms with E-state index < -0.39 is 0 Å². The summed E-state index contributed by atoms with van der Waals surface area (Å²) in [5.41, 5.74) is 1.84. The highest BCUT2D eigenvalue weighted by atomic mass is 32.2. The first-order valence-electron chi connectivity index (χ1n) is 6.20. The zero-order valence-corrected chi connectivity index (χ0v) is 11.7. The van der Waals surface area contributed by atoms with Crippen LogP contribution in [-0.4, -0.2) is 13.0 Å². The van der Waals surface area contributed by atoms with Gasteiger partial charge < -0.3 is 10.1 Å². The molecule has 1 heterocycles. The van der Waals surface area contributed by atoms with E-state index in [0.29, 0.717) is 4.91 Å². The molecule has 2 aromatic carbocycles. The minimum absolute atomic E-state index is 0.0653. The summed E-state index contributed by atoms with van der Waals surface area (Å²) in [6.45, 7) is 0. The second-order valence-corrected chi connectivity index (χ2v) is 5.42. The molecule has 3 rings (SSSR count). The van der Waals surface area contributed by atoms with Gasteiger partial charge in [-0.15, -0.1) is 0 Å². The topological polar surface area (TPSA) is 38.3 Å². The van der Waals surface area contributed by atoms with Crippen LogP contribution < -0.4 is 10.1 Å². The molecule has 0 atom stereocenters. The first kappa shape index (κ1) is 12.8. The van der Waals surface area contributed by atoms with Crippen molar-refractivity contribution in [3.63, 3.8) is 0 Å². The van der Waals surface area contributed by atoms with Crippen molar-refractivity contribution in [2.24, 2.45) is 0 Å². The SMILES string of the molecule is COc1ccc(C=C2Sc3ccccc3NC2=O)cc1. The highest BCUT2D eigenvalue weighted by Gasteiger charge is 2.20. The number of thioether (sulfide) groups is 1. The predicted octanol–water partition coefficient (Wildman–Crippen LogP) is 3.78. The number of benzene rings is 2. The van der Waals surface area contributed by atoms with Crippen LogP contribution in [0.15, 0.2) is 58.3 Å². The van der Waals surface area contributed by atoms with Crippen LogP contribution in [0.1, 0.15) is 5.56 Å². The van der Waals surface area contributed by atoms with Gasteiger partial charge in [0.2, 0.25) is 0 Å². The number of amides is 1. The Balaban J connectivity index is 1.90. The van der Waals surface area contributed by atoms with Gasteiger partial charge in [0.05, 0.1) is 17.7 Å². The van der Waals surface area contributed by atoms with Crippen LogP contribution >= 0.6 is 11.8 Å². The van der Waals surface area contributed by atoms with E-state index >= 15 is 0 Å². The number of ether oxygens (including phenoxy) is 1. The van der Waals surface area contributed by atoms with Crippen molar-refractivity contribution in [2.45, 2.75) is 4.90 Å². The number of methoxy groups -OCH3 is 1. The van der Waals surface area contributed by atoms with Crippen molar-refractivity contribution in [1.82, 2.24) is 0 Å². The first-order valence-corrected chi connectivity index (χ1v) is 7.02. The van der Waals surface area contributed by atoms with E-state index in [9.17, 15) is 4.79 Å². The average Bonchev–Trinajstić information content (AvgIpc) is 2.49. The quantitative estimate of drug-likeness (QED) is 0.852. The lowest BCUT2D eigenvalue weighted by Crippen LogP contribution is -2.16. The number of rotatable bonds is 2. The summed E-state index contributed by atoms with van der Waals surface area (Å²) in [6.07, 6.45) is 1.88. The summed E-state index contributed by atoms with van der Waals surface area (Å²) in [5.74, 6) is 0.739. The summed E-state index contributed by atoms with van der Waals surface area (Å²) in [5, 5.41) is 2.90. The maximum Gasteiger partial charge on any atom is 0.262 e. The van der Waals surface area contributed by atoms with Crippen molar-refractivity contribution in [3.05, 3.63) is 59.0 Å². The van der Waals surface area contributed by atoms with Crippen LogP contribution in [0.4, 0.5) is 5.69 Å². The highest BCUT2D eigenvalue weighted by molar-refractivity contribution is 8.04. The minimum Gasteiger partial charge on any atom is -0.497 e. The first-order chi connectivity index (χ1) is 9.76. The number of carbonyl (C=O) groups is 1. The summed E-state index contributed by atoms with van der Waals surface area (Å²) < 4.78 is 5.12. The molecule has 0 bridgehead atoms. The Morgan fingerprint density at radius 1 is 1.10 bits per heavy atom. The molecule has 0 aromatic heterocycles. The van der Waals surface area contributed by atoms with Gasteiger partial charge in [-0.2, -0.15) is 0 Å². The van der Waals surface area contributed by atoms with E-state index in [2.05, 4.69) is 5.32 Å². The van der Waals surface area contributed by atoms with E-state index in [1.807, 2.05) is 54.6 Å². The van der Waals surface area contributed by atoms with Gasteiger partial charge in [0.15, 0.2) is 0 Å². The van der Waals surface area contributed by atoms with E-state index in [1.54, 1.807) is 7.11 Å². The molecule has 0 spiro atoms. The number of hydrogen-bond donors (Lipinski definition) is 1. The zero-order valence-electron chi connectivity index (χ0n) is 10.9. The fraction of sp³-hybridized carbons (Fsp3) is 0.0625. The highest BCUT2D eigenvalue weighted by Crippen LogP contribution is 2.38. The molecular formula is C16H13NO2S. The number of carbonyl (C=O) groups excluding carboxylic acids is 1. The van der Waals surface area contributed by atoms with Crippen LogP contribution in [0.2, 0.25) is 0 Å². The molecule has 0 fully saturated rings. The molecule has 20 heavy (non-hydrogen) atoms. The smallest absolute Gasteiger partial charge is 0.262 e. The molecule has 1 aliphatic rings. The Kier molecular flexibility index (Phi) is 3.48. The monoisotopic (exact) mass is 283 g/mol. The van der Waals surface area contributed by atoms with Crippen LogP contribution in [0.5, 0.6) is 5.75 Å². The summed E-state index contributed by atoms with van der Waals surface area (Å²) >= 11 is 1.49. The lowest BCUT2D eigenvalue weighted by atomic mass is 10.2. The van der Waals surface area contributed by atoms with Crippen molar-refractivity contribution in [2.75, 3.05) is 12.4 Å². The number of fused-ring (bicyclic) bond motifs is 1. The Bertz CT molecular complexity index is 677.